The van der Waals surface area contributed by atoms with Crippen molar-refractivity contribution in [2.75, 3.05) is 18.4 Å². The summed E-state index contributed by atoms with van der Waals surface area (Å²) >= 11 is 1.35. The summed E-state index contributed by atoms with van der Waals surface area (Å²) < 4.78 is 0. The van der Waals surface area contributed by atoms with E-state index < -0.39 is 6.03 Å². The normalized spacial score (nSPS) is 28.6. The quantitative estimate of drug-likeness (QED) is 0.570. The van der Waals surface area contributed by atoms with Gasteiger partial charge in [-0.25, -0.2) is 4.79 Å². The molecule has 1 aromatic rings. The van der Waals surface area contributed by atoms with E-state index in [4.69, 9.17) is 0 Å². The van der Waals surface area contributed by atoms with Crippen LogP contribution in [0.5, 0.6) is 0 Å². The van der Waals surface area contributed by atoms with Gasteiger partial charge < -0.3 is 5.32 Å². The molecule has 1 saturated heterocycles. The van der Waals surface area contributed by atoms with Crippen LogP contribution >= 0.6 is 11.3 Å². The van der Waals surface area contributed by atoms with Crippen LogP contribution in [0.4, 0.5) is 9.93 Å². The predicted octanol–water partition coefficient (Wildman–Crippen LogP) is 1.81. The fourth-order valence-corrected chi connectivity index (χ4v) is 5.23. The maximum atomic E-state index is 12.7. The molecule has 0 unspecified atom stereocenters. The number of nitrogens with zero attached hydrogens (tertiary/aromatic N) is 3. The van der Waals surface area contributed by atoms with Gasteiger partial charge in [0.05, 0.1) is 11.8 Å². The van der Waals surface area contributed by atoms with Crippen LogP contribution in [-0.2, 0) is 16.0 Å². The minimum atomic E-state index is -0.410. The Morgan fingerprint density at radius 3 is 2.44 bits per heavy atom. The monoisotopic (exact) mass is 389 g/mol. The molecule has 2 N–H and O–H groups in total. The van der Waals surface area contributed by atoms with E-state index in [1.54, 1.807) is 0 Å². The third-order valence-electron chi connectivity index (χ3n) is 5.62. The van der Waals surface area contributed by atoms with Crippen LogP contribution in [0.15, 0.2) is 12.2 Å². The Kier molecular flexibility index (Phi) is 4.94. The van der Waals surface area contributed by atoms with Gasteiger partial charge in [0.25, 0.3) is 0 Å². The van der Waals surface area contributed by atoms with E-state index in [9.17, 15) is 14.4 Å². The molecule has 5 rings (SSSR count). The number of aromatic nitrogens is 2. The molecule has 144 valence electrons. The zero-order chi connectivity index (χ0) is 19.0. The number of aryl methyl sites for hydroxylation is 1. The zero-order valence-electron chi connectivity index (χ0n) is 15.2. The van der Waals surface area contributed by atoms with Gasteiger partial charge in [-0.2, -0.15) is 0 Å². The molecule has 2 fully saturated rings. The lowest BCUT2D eigenvalue weighted by Crippen LogP contribution is -2.40. The average molecular weight is 389 g/mol. The number of rotatable bonds is 6. The van der Waals surface area contributed by atoms with Crippen molar-refractivity contribution in [3.63, 3.8) is 0 Å². The first-order chi connectivity index (χ1) is 13.1. The van der Waals surface area contributed by atoms with E-state index in [-0.39, 0.29) is 48.6 Å². The molecule has 4 aliphatic rings. The highest BCUT2D eigenvalue weighted by Gasteiger charge is 2.56. The molecular formula is C18H23N5O3S. The lowest BCUT2D eigenvalue weighted by molar-refractivity contribution is -0.140. The van der Waals surface area contributed by atoms with Crippen molar-refractivity contribution in [2.45, 2.75) is 32.6 Å². The van der Waals surface area contributed by atoms with Crippen molar-refractivity contribution in [1.82, 2.24) is 20.4 Å². The topological polar surface area (TPSA) is 104 Å². The number of imide groups is 1. The minimum absolute atomic E-state index is 0.0837. The van der Waals surface area contributed by atoms with Crippen molar-refractivity contribution in [1.29, 1.82) is 0 Å². The summed E-state index contributed by atoms with van der Waals surface area (Å²) in [5.74, 6) is -0.194. The molecule has 4 atom stereocenters. The highest BCUT2D eigenvalue weighted by atomic mass is 32.1. The van der Waals surface area contributed by atoms with E-state index in [1.165, 1.54) is 16.2 Å². The van der Waals surface area contributed by atoms with E-state index in [0.29, 0.717) is 5.13 Å². The number of likely N-dealkylation sites (tertiary alicyclic amines) is 1. The smallest absolute Gasteiger partial charge is 0.321 e. The number of carbonyl (C=O) groups excluding carboxylic acids is 3. The van der Waals surface area contributed by atoms with Crippen molar-refractivity contribution < 1.29 is 14.4 Å². The SMILES string of the molecule is CCCc1nnc(NC(=O)NCCN2C(=O)[C@@H]3[C@H](C2=O)[C@H]2C=C[C@H]3CC2)s1. The number of fused-ring (bicyclic) bond motifs is 1. The summed E-state index contributed by atoms with van der Waals surface area (Å²) in [5, 5.41) is 14.6. The first-order valence-electron chi connectivity index (χ1n) is 9.49. The van der Waals surface area contributed by atoms with Crippen LogP contribution in [0.25, 0.3) is 0 Å². The largest absolute Gasteiger partial charge is 0.336 e. The molecule has 3 aliphatic carbocycles. The fourth-order valence-electron chi connectivity index (χ4n) is 4.40. The van der Waals surface area contributed by atoms with Crippen LogP contribution in [0, 0.1) is 23.7 Å². The zero-order valence-corrected chi connectivity index (χ0v) is 16.0. The van der Waals surface area contributed by atoms with E-state index in [1.807, 2.05) is 0 Å². The predicted molar refractivity (Wildman–Crippen MR) is 100.0 cm³/mol. The maximum absolute atomic E-state index is 12.7. The van der Waals surface area contributed by atoms with Crippen LogP contribution in [0.1, 0.15) is 31.2 Å². The number of anilines is 1. The summed E-state index contributed by atoms with van der Waals surface area (Å²) in [5.41, 5.74) is 0. The van der Waals surface area contributed by atoms with Crippen molar-refractivity contribution in [3.8, 4) is 0 Å². The first-order valence-corrected chi connectivity index (χ1v) is 10.3. The molecule has 1 saturated carbocycles. The van der Waals surface area contributed by atoms with E-state index in [2.05, 4.69) is 39.9 Å². The Morgan fingerprint density at radius 1 is 1.19 bits per heavy atom. The Bertz CT molecular complexity index is 760. The number of urea groups is 1. The second kappa shape index (κ2) is 7.38. The van der Waals surface area contributed by atoms with Crippen molar-refractivity contribution in [3.05, 3.63) is 17.2 Å². The molecule has 1 aromatic heterocycles. The number of nitrogens with one attached hydrogen (secondary N) is 2. The van der Waals surface area contributed by atoms with Gasteiger partial charge >= 0.3 is 6.03 Å². The lowest BCUT2D eigenvalue weighted by Gasteiger charge is -2.38. The Balaban J connectivity index is 1.28. The third kappa shape index (κ3) is 3.36. The summed E-state index contributed by atoms with van der Waals surface area (Å²) in [6.45, 7) is 2.47. The summed E-state index contributed by atoms with van der Waals surface area (Å²) in [7, 11) is 0. The molecule has 0 spiro atoms. The van der Waals surface area contributed by atoms with Crippen LogP contribution in [0.2, 0.25) is 0 Å². The third-order valence-corrected chi connectivity index (χ3v) is 6.52. The molecule has 1 aliphatic heterocycles. The standard InChI is InChI=1S/C18H23N5O3S/c1-2-3-12-21-22-18(27-12)20-17(26)19-8-9-23-15(24)13-10-4-5-11(7-6-10)14(13)16(23)25/h4-5,10-11,13-14H,2-3,6-9H2,1H3,(H2,19,20,22,26)/t10-,11-,13-,14+/m0/s1. The highest BCUT2D eigenvalue weighted by Crippen LogP contribution is 2.49. The van der Waals surface area contributed by atoms with Crippen molar-refractivity contribution in [2.24, 2.45) is 23.7 Å². The second-order valence-corrected chi connectivity index (χ2v) is 8.36. The average Bonchev–Trinajstić information content (AvgIpc) is 3.21. The highest BCUT2D eigenvalue weighted by molar-refractivity contribution is 7.15. The molecule has 8 nitrogen and oxygen atoms in total. The maximum Gasteiger partial charge on any atom is 0.321 e. The number of amides is 4. The number of allylic oxidation sites excluding steroid dienone is 2. The summed E-state index contributed by atoms with van der Waals surface area (Å²) in [6.07, 6.45) is 7.97. The van der Waals surface area contributed by atoms with Gasteiger partial charge in [-0.1, -0.05) is 30.4 Å². The number of hydrogen-bond donors (Lipinski definition) is 2. The van der Waals surface area contributed by atoms with Crippen LogP contribution in [0.3, 0.4) is 0 Å². The first kappa shape index (κ1) is 18.1. The van der Waals surface area contributed by atoms with E-state index >= 15 is 0 Å². The van der Waals surface area contributed by atoms with Gasteiger partial charge in [-0.05, 0) is 31.1 Å². The van der Waals surface area contributed by atoms with Gasteiger partial charge in [0.2, 0.25) is 16.9 Å². The van der Waals surface area contributed by atoms with Gasteiger partial charge in [-0.3, -0.25) is 19.8 Å². The van der Waals surface area contributed by atoms with Crippen LogP contribution in [-0.4, -0.2) is 46.0 Å². The van der Waals surface area contributed by atoms with Gasteiger partial charge in [0.1, 0.15) is 5.01 Å². The van der Waals surface area contributed by atoms with Gasteiger partial charge in [-0.15, -0.1) is 10.2 Å². The van der Waals surface area contributed by atoms with Crippen molar-refractivity contribution >= 4 is 34.3 Å². The van der Waals surface area contributed by atoms with Crippen LogP contribution < -0.4 is 10.6 Å². The molecule has 4 amide bonds. The molecule has 2 bridgehead atoms. The van der Waals surface area contributed by atoms with Gasteiger partial charge in [0, 0.05) is 19.5 Å². The number of hydrogen-bond acceptors (Lipinski definition) is 6. The Morgan fingerprint density at radius 2 is 1.85 bits per heavy atom. The molecule has 27 heavy (non-hydrogen) atoms. The Hall–Kier alpha value is -2.29. The Labute approximate surface area is 161 Å². The molecule has 0 radical (unpaired) electrons. The summed E-state index contributed by atoms with van der Waals surface area (Å²) in [4.78, 5) is 38.7. The van der Waals surface area contributed by atoms with E-state index in [0.717, 1.165) is 30.7 Å². The number of carbonyl (C=O) groups is 3. The molecular weight excluding hydrogens is 366 g/mol. The minimum Gasteiger partial charge on any atom is -0.336 e. The summed E-state index contributed by atoms with van der Waals surface area (Å²) in [6, 6.07) is -0.410. The molecule has 2 heterocycles. The second-order valence-electron chi connectivity index (χ2n) is 7.30. The van der Waals surface area contributed by atoms with Gasteiger partial charge in [0.15, 0.2) is 0 Å². The molecule has 0 aromatic carbocycles. The fraction of sp³-hybridized carbons (Fsp3) is 0.611. The lowest BCUT2D eigenvalue weighted by atomic mass is 9.63. The molecule has 9 heteroatoms.